The van der Waals surface area contributed by atoms with Gasteiger partial charge in [-0.3, -0.25) is 4.79 Å². The Kier molecular flexibility index (Phi) is 4.28. The Morgan fingerprint density at radius 2 is 1.87 bits per heavy atom. The molecule has 23 heavy (non-hydrogen) atoms. The van der Waals surface area contributed by atoms with Gasteiger partial charge in [0.2, 0.25) is 0 Å². The first kappa shape index (κ1) is 15.8. The number of hydrogen-bond donors (Lipinski definition) is 1. The van der Waals surface area contributed by atoms with Crippen LogP contribution in [0.15, 0.2) is 47.8 Å². The summed E-state index contributed by atoms with van der Waals surface area (Å²) in [5.74, 6) is -1.38. The summed E-state index contributed by atoms with van der Waals surface area (Å²) in [6.45, 7) is 3.74. The van der Waals surface area contributed by atoms with E-state index < -0.39 is 11.9 Å². The molecular weight excluding hydrogens is 324 g/mol. The van der Waals surface area contributed by atoms with Crippen LogP contribution in [-0.2, 0) is 4.79 Å². The van der Waals surface area contributed by atoms with Gasteiger partial charge in [-0.15, -0.1) is 11.3 Å². The Bertz CT molecular complexity index is 891. The van der Waals surface area contributed by atoms with E-state index in [1.807, 2.05) is 54.8 Å². The summed E-state index contributed by atoms with van der Waals surface area (Å²) in [5, 5.41) is 12.4. The van der Waals surface area contributed by atoms with Crippen LogP contribution >= 0.6 is 23.6 Å². The van der Waals surface area contributed by atoms with Crippen LogP contribution in [0.1, 0.15) is 35.1 Å². The summed E-state index contributed by atoms with van der Waals surface area (Å²) in [6.07, 6.45) is 0. The number of benzene rings is 2. The fourth-order valence-electron chi connectivity index (χ4n) is 2.53. The molecule has 1 aromatic heterocycles. The number of rotatable bonds is 4. The van der Waals surface area contributed by atoms with Crippen molar-refractivity contribution in [3.8, 4) is 0 Å². The number of carboxylic acid groups (broad SMARTS) is 1. The first-order valence-corrected chi connectivity index (χ1v) is 8.61. The molecule has 0 saturated heterocycles. The second-order valence-corrected chi connectivity index (χ2v) is 6.99. The predicted molar refractivity (Wildman–Crippen MR) is 99.9 cm³/mol. The number of thiophene rings is 1. The largest absolute Gasteiger partial charge is 0.481 e. The number of hydrogen-bond acceptors (Lipinski definition) is 3. The molecule has 3 rings (SSSR count). The molecule has 0 bridgehead atoms. The minimum atomic E-state index is -0.827. The van der Waals surface area contributed by atoms with Crippen molar-refractivity contribution >= 4 is 44.5 Å². The van der Waals surface area contributed by atoms with Gasteiger partial charge in [-0.05, 0) is 53.9 Å². The van der Waals surface area contributed by atoms with E-state index in [9.17, 15) is 9.90 Å². The minimum Gasteiger partial charge on any atom is -0.481 e. The molecule has 4 heteroatoms. The van der Waals surface area contributed by atoms with Gasteiger partial charge in [0, 0.05) is 10.3 Å². The van der Waals surface area contributed by atoms with Crippen LogP contribution in [0.25, 0.3) is 10.1 Å². The lowest BCUT2D eigenvalue weighted by Crippen LogP contribution is -2.09. The molecule has 2 nitrogen and oxygen atoms in total. The quantitative estimate of drug-likeness (QED) is 0.526. The van der Waals surface area contributed by atoms with Crippen molar-refractivity contribution in [1.82, 2.24) is 0 Å². The maximum atomic E-state index is 11.3. The lowest BCUT2D eigenvalue weighted by Gasteiger charge is -2.12. The van der Waals surface area contributed by atoms with Gasteiger partial charge < -0.3 is 5.11 Å². The van der Waals surface area contributed by atoms with E-state index in [0.717, 1.165) is 31.6 Å². The van der Waals surface area contributed by atoms with Gasteiger partial charge in [0.1, 0.15) is 0 Å². The highest BCUT2D eigenvalue weighted by Gasteiger charge is 2.18. The van der Waals surface area contributed by atoms with Gasteiger partial charge in [0.15, 0.2) is 0 Å². The zero-order valence-corrected chi connectivity index (χ0v) is 14.5. The SMILES string of the molecule is Cc1ccc(C(=S)c2cc(C(C)C(=O)O)cc3ccsc23)cc1. The van der Waals surface area contributed by atoms with E-state index in [1.165, 1.54) is 5.56 Å². The molecule has 0 aliphatic carbocycles. The van der Waals surface area contributed by atoms with Crippen LogP contribution < -0.4 is 0 Å². The predicted octanol–water partition coefficient (Wildman–Crippen LogP) is 5.16. The third kappa shape index (κ3) is 3.05. The molecule has 1 unspecified atom stereocenters. The van der Waals surface area contributed by atoms with Crippen molar-refractivity contribution in [2.45, 2.75) is 19.8 Å². The molecule has 0 radical (unpaired) electrons. The van der Waals surface area contributed by atoms with Crippen molar-refractivity contribution in [3.63, 3.8) is 0 Å². The maximum absolute atomic E-state index is 11.3. The van der Waals surface area contributed by atoms with Gasteiger partial charge in [-0.25, -0.2) is 0 Å². The Labute approximate surface area is 144 Å². The molecule has 1 atom stereocenters. The average Bonchev–Trinajstić information content (AvgIpc) is 3.01. The number of aliphatic carboxylic acids is 1. The lowest BCUT2D eigenvalue weighted by atomic mass is 9.94. The second-order valence-electron chi connectivity index (χ2n) is 5.66. The van der Waals surface area contributed by atoms with Gasteiger partial charge >= 0.3 is 5.97 Å². The molecule has 1 heterocycles. The molecule has 0 aliphatic rings. The van der Waals surface area contributed by atoms with Crippen LogP contribution in [0.5, 0.6) is 0 Å². The smallest absolute Gasteiger partial charge is 0.310 e. The summed E-state index contributed by atoms with van der Waals surface area (Å²) in [7, 11) is 0. The van der Waals surface area contributed by atoms with Gasteiger partial charge in [-0.2, -0.15) is 0 Å². The number of fused-ring (bicyclic) bond motifs is 1. The molecule has 0 saturated carbocycles. The third-order valence-electron chi connectivity index (χ3n) is 4.00. The molecule has 1 N–H and O–H groups in total. The third-order valence-corrected chi connectivity index (χ3v) is 5.42. The number of aryl methyl sites for hydroxylation is 1. The van der Waals surface area contributed by atoms with E-state index in [2.05, 4.69) is 0 Å². The highest BCUT2D eigenvalue weighted by Crippen LogP contribution is 2.31. The van der Waals surface area contributed by atoms with Gasteiger partial charge in [0.25, 0.3) is 0 Å². The van der Waals surface area contributed by atoms with E-state index in [0.29, 0.717) is 0 Å². The Morgan fingerprint density at radius 3 is 2.52 bits per heavy atom. The van der Waals surface area contributed by atoms with Crippen LogP contribution in [0, 0.1) is 6.92 Å². The van der Waals surface area contributed by atoms with Crippen LogP contribution in [0.3, 0.4) is 0 Å². The van der Waals surface area contributed by atoms with E-state index in [-0.39, 0.29) is 0 Å². The van der Waals surface area contributed by atoms with Gasteiger partial charge in [0.05, 0.1) is 10.8 Å². The fraction of sp³-hybridized carbons (Fsp3) is 0.158. The topological polar surface area (TPSA) is 37.3 Å². The van der Waals surface area contributed by atoms with Crippen molar-refractivity contribution in [1.29, 1.82) is 0 Å². The molecule has 3 aromatic rings. The fourth-order valence-corrected chi connectivity index (χ4v) is 3.79. The number of thiocarbonyl (C=S) groups is 1. The van der Waals surface area contributed by atoms with E-state index in [1.54, 1.807) is 18.3 Å². The normalized spacial score (nSPS) is 12.3. The summed E-state index contributed by atoms with van der Waals surface area (Å²) in [4.78, 5) is 12.1. The van der Waals surface area contributed by atoms with Crippen molar-refractivity contribution in [3.05, 3.63) is 70.1 Å². The number of carboxylic acids is 1. The summed E-state index contributed by atoms with van der Waals surface area (Å²) in [5.41, 5.74) is 3.90. The van der Waals surface area contributed by atoms with Crippen LogP contribution in [0.2, 0.25) is 0 Å². The highest BCUT2D eigenvalue weighted by atomic mass is 32.1. The second kappa shape index (κ2) is 6.22. The van der Waals surface area contributed by atoms with E-state index in [4.69, 9.17) is 12.2 Å². The standard InChI is InChI=1S/C19H16O2S2/c1-11-3-5-13(6-4-11)17(22)16-10-15(12(2)19(20)21)9-14-7-8-23-18(14)16/h3-10,12H,1-2H3,(H,20,21). The van der Waals surface area contributed by atoms with Crippen LogP contribution in [-0.4, -0.2) is 15.9 Å². The number of carbonyl (C=O) groups is 1. The van der Waals surface area contributed by atoms with Crippen molar-refractivity contribution in [2.75, 3.05) is 0 Å². The van der Waals surface area contributed by atoms with E-state index >= 15 is 0 Å². The highest BCUT2D eigenvalue weighted by molar-refractivity contribution is 7.81. The molecular formula is C19H16O2S2. The molecule has 2 aromatic carbocycles. The lowest BCUT2D eigenvalue weighted by molar-refractivity contribution is -0.138. The zero-order valence-electron chi connectivity index (χ0n) is 12.9. The zero-order chi connectivity index (χ0) is 16.6. The monoisotopic (exact) mass is 340 g/mol. The first-order chi connectivity index (χ1) is 11.0. The molecule has 0 aliphatic heterocycles. The molecule has 0 amide bonds. The summed E-state index contributed by atoms with van der Waals surface area (Å²) >= 11 is 7.33. The van der Waals surface area contributed by atoms with Crippen LogP contribution in [0.4, 0.5) is 0 Å². The average molecular weight is 340 g/mol. The molecule has 0 spiro atoms. The summed E-state index contributed by atoms with van der Waals surface area (Å²) in [6, 6.07) is 14.0. The summed E-state index contributed by atoms with van der Waals surface area (Å²) < 4.78 is 1.11. The molecule has 116 valence electrons. The first-order valence-electron chi connectivity index (χ1n) is 7.32. The van der Waals surface area contributed by atoms with Gasteiger partial charge in [-0.1, -0.05) is 42.0 Å². The maximum Gasteiger partial charge on any atom is 0.310 e. The Hall–Kier alpha value is -2.04. The van der Waals surface area contributed by atoms with Crippen molar-refractivity contribution < 1.29 is 9.90 Å². The Morgan fingerprint density at radius 1 is 1.17 bits per heavy atom. The molecule has 0 fully saturated rings. The van der Waals surface area contributed by atoms with Crippen molar-refractivity contribution in [2.24, 2.45) is 0 Å². The Balaban J connectivity index is 2.15. The minimum absolute atomic E-state index is 0.557.